The van der Waals surface area contributed by atoms with Gasteiger partial charge in [0.15, 0.2) is 0 Å². The smallest absolute Gasteiger partial charge is 0.409 e. The van der Waals surface area contributed by atoms with Crippen molar-refractivity contribution in [3.05, 3.63) is 57.6 Å². The van der Waals surface area contributed by atoms with E-state index in [9.17, 15) is 4.79 Å². The van der Waals surface area contributed by atoms with Crippen LogP contribution in [0, 0.1) is 13.8 Å². The molecule has 0 saturated heterocycles. The number of hydrogen-bond donors (Lipinski definition) is 1. The molecule has 2 rings (SSSR count). The van der Waals surface area contributed by atoms with Gasteiger partial charge in [0, 0.05) is 5.69 Å². The molecule has 1 N–H and O–H groups in total. The molecule has 2 aromatic rings. The minimum absolute atomic E-state index is 0.465. The van der Waals surface area contributed by atoms with Gasteiger partial charge in [-0.1, -0.05) is 26.0 Å². The van der Waals surface area contributed by atoms with Gasteiger partial charge < -0.3 is 4.74 Å². The molecular formula is C18H20BrNO2. The van der Waals surface area contributed by atoms with Gasteiger partial charge in [-0.05, 0) is 76.7 Å². The van der Waals surface area contributed by atoms with Gasteiger partial charge in [-0.25, -0.2) is 4.79 Å². The van der Waals surface area contributed by atoms with Crippen molar-refractivity contribution in [2.24, 2.45) is 0 Å². The number of rotatable bonds is 3. The van der Waals surface area contributed by atoms with Crippen molar-refractivity contribution in [1.82, 2.24) is 0 Å². The summed E-state index contributed by atoms with van der Waals surface area (Å²) in [6, 6.07) is 11.6. The molecule has 3 nitrogen and oxygen atoms in total. The number of carbonyl (C=O) groups is 1. The van der Waals surface area contributed by atoms with Crippen LogP contribution in [0.2, 0.25) is 0 Å². The van der Waals surface area contributed by atoms with Crippen LogP contribution in [0.1, 0.15) is 36.5 Å². The van der Waals surface area contributed by atoms with Crippen LogP contribution in [-0.2, 0) is 0 Å². The van der Waals surface area contributed by atoms with Crippen LogP contribution >= 0.6 is 15.9 Å². The van der Waals surface area contributed by atoms with E-state index in [0.717, 1.165) is 15.6 Å². The number of ether oxygens (including phenoxy) is 1. The highest BCUT2D eigenvalue weighted by Gasteiger charge is 2.10. The number of halogens is 1. The summed E-state index contributed by atoms with van der Waals surface area (Å²) in [6.07, 6.45) is -0.499. The van der Waals surface area contributed by atoms with Gasteiger partial charge in [0.05, 0.1) is 4.47 Å². The molecular weight excluding hydrogens is 342 g/mol. The van der Waals surface area contributed by atoms with Crippen LogP contribution in [0.4, 0.5) is 10.5 Å². The molecule has 0 aliphatic heterocycles. The summed E-state index contributed by atoms with van der Waals surface area (Å²) in [7, 11) is 0. The average molecular weight is 362 g/mol. The van der Waals surface area contributed by atoms with E-state index in [4.69, 9.17) is 4.74 Å². The maximum atomic E-state index is 12.0. The third kappa shape index (κ3) is 4.10. The second kappa shape index (κ2) is 6.97. The van der Waals surface area contributed by atoms with E-state index in [-0.39, 0.29) is 0 Å². The van der Waals surface area contributed by atoms with Crippen molar-refractivity contribution in [3.63, 3.8) is 0 Å². The number of nitrogens with one attached hydrogen (secondary N) is 1. The molecule has 0 aromatic heterocycles. The summed E-state index contributed by atoms with van der Waals surface area (Å²) in [6.45, 7) is 8.26. The van der Waals surface area contributed by atoms with E-state index in [1.165, 1.54) is 5.56 Å². The molecule has 0 spiro atoms. The maximum absolute atomic E-state index is 12.0. The first-order valence-electron chi connectivity index (χ1n) is 7.22. The van der Waals surface area contributed by atoms with Gasteiger partial charge >= 0.3 is 6.09 Å². The lowest BCUT2D eigenvalue weighted by atomic mass is 10.0. The second-order valence-electron chi connectivity index (χ2n) is 5.66. The minimum atomic E-state index is -0.499. The molecule has 116 valence electrons. The summed E-state index contributed by atoms with van der Waals surface area (Å²) in [4.78, 5) is 12.0. The zero-order chi connectivity index (χ0) is 16.3. The lowest BCUT2D eigenvalue weighted by Gasteiger charge is -2.11. The molecule has 0 radical (unpaired) electrons. The van der Waals surface area contributed by atoms with E-state index < -0.39 is 6.09 Å². The van der Waals surface area contributed by atoms with Crippen LogP contribution in [0.15, 0.2) is 40.9 Å². The summed E-state index contributed by atoms with van der Waals surface area (Å²) >= 11 is 3.42. The normalized spacial score (nSPS) is 10.6. The topological polar surface area (TPSA) is 38.3 Å². The zero-order valence-corrected chi connectivity index (χ0v) is 14.8. The van der Waals surface area contributed by atoms with Gasteiger partial charge in [0.25, 0.3) is 0 Å². The minimum Gasteiger partial charge on any atom is -0.409 e. The third-order valence-corrected chi connectivity index (χ3v) is 4.19. The fraction of sp³-hybridized carbons (Fsp3) is 0.278. The average Bonchev–Trinajstić information content (AvgIpc) is 2.45. The maximum Gasteiger partial charge on any atom is 0.417 e. The Morgan fingerprint density at radius 1 is 1.09 bits per heavy atom. The van der Waals surface area contributed by atoms with Gasteiger partial charge in [0.2, 0.25) is 0 Å². The summed E-state index contributed by atoms with van der Waals surface area (Å²) in [5.74, 6) is 0.979. The Bertz CT molecular complexity index is 678. The number of amides is 1. The molecule has 0 atom stereocenters. The Kier molecular flexibility index (Phi) is 5.24. The molecule has 1 amide bonds. The van der Waals surface area contributed by atoms with Crippen LogP contribution in [-0.4, -0.2) is 6.09 Å². The molecule has 4 heteroatoms. The van der Waals surface area contributed by atoms with Crippen molar-refractivity contribution < 1.29 is 9.53 Å². The summed E-state index contributed by atoms with van der Waals surface area (Å²) in [5.41, 5.74) is 4.17. The van der Waals surface area contributed by atoms with E-state index in [1.807, 2.05) is 50.2 Å². The molecule has 0 saturated carbocycles. The molecule has 0 fully saturated rings. The van der Waals surface area contributed by atoms with Crippen molar-refractivity contribution in [2.45, 2.75) is 33.6 Å². The first kappa shape index (κ1) is 16.6. The molecule has 0 aliphatic rings. The molecule has 0 heterocycles. The van der Waals surface area contributed by atoms with E-state index >= 15 is 0 Å². The van der Waals surface area contributed by atoms with Crippen molar-refractivity contribution >= 4 is 27.7 Å². The highest BCUT2D eigenvalue weighted by atomic mass is 79.9. The Morgan fingerprint density at radius 2 is 1.68 bits per heavy atom. The van der Waals surface area contributed by atoms with Crippen LogP contribution in [0.25, 0.3) is 0 Å². The predicted octanol–water partition coefficient (Wildman–Crippen LogP) is 5.80. The van der Waals surface area contributed by atoms with Gasteiger partial charge in [-0.3, -0.25) is 5.32 Å². The first-order valence-corrected chi connectivity index (χ1v) is 8.01. The van der Waals surface area contributed by atoms with E-state index in [1.54, 1.807) is 0 Å². The van der Waals surface area contributed by atoms with Gasteiger partial charge in [-0.2, -0.15) is 0 Å². The second-order valence-corrected chi connectivity index (χ2v) is 6.51. The third-order valence-electron chi connectivity index (χ3n) is 3.57. The highest BCUT2D eigenvalue weighted by Crippen LogP contribution is 2.28. The summed E-state index contributed by atoms with van der Waals surface area (Å²) < 4.78 is 6.13. The van der Waals surface area contributed by atoms with E-state index in [0.29, 0.717) is 17.4 Å². The largest absolute Gasteiger partial charge is 0.417 e. The lowest BCUT2D eigenvalue weighted by molar-refractivity contribution is 0.215. The lowest BCUT2D eigenvalue weighted by Crippen LogP contribution is -2.17. The molecule has 22 heavy (non-hydrogen) atoms. The highest BCUT2D eigenvalue weighted by molar-refractivity contribution is 9.10. The van der Waals surface area contributed by atoms with Crippen LogP contribution < -0.4 is 10.1 Å². The fourth-order valence-corrected chi connectivity index (χ4v) is 2.57. The predicted molar refractivity (Wildman–Crippen MR) is 93.8 cm³/mol. The first-order chi connectivity index (χ1) is 10.4. The Balaban J connectivity index is 2.05. The van der Waals surface area contributed by atoms with Gasteiger partial charge in [-0.15, -0.1) is 0 Å². The molecule has 0 bridgehead atoms. The quantitative estimate of drug-likeness (QED) is 0.749. The SMILES string of the molecule is Cc1cc(Br)c(OC(=O)Nc2ccc(C(C)C)cc2)cc1C. The number of hydrogen-bond acceptors (Lipinski definition) is 2. The Labute approximate surface area is 139 Å². The van der Waals surface area contributed by atoms with Crippen molar-refractivity contribution in [2.75, 3.05) is 5.32 Å². The zero-order valence-electron chi connectivity index (χ0n) is 13.2. The van der Waals surface area contributed by atoms with Crippen molar-refractivity contribution in [3.8, 4) is 5.75 Å². The van der Waals surface area contributed by atoms with Crippen LogP contribution in [0.3, 0.4) is 0 Å². The molecule has 0 unspecified atom stereocenters. The molecule has 2 aromatic carbocycles. The van der Waals surface area contributed by atoms with Gasteiger partial charge in [0.1, 0.15) is 5.75 Å². The monoisotopic (exact) mass is 361 g/mol. The summed E-state index contributed by atoms with van der Waals surface area (Å²) in [5, 5.41) is 2.74. The fourth-order valence-electron chi connectivity index (χ4n) is 2.03. The number of aryl methyl sites for hydroxylation is 2. The van der Waals surface area contributed by atoms with Crippen molar-refractivity contribution in [1.29, 1.82) is 0 Å². The Hall–Kier alpha value is -1.81. The number of anilines is 1. The standard InChI is InChI=1S/C18H20BrNO2/c1-11(2)14-5-7-15(8-6-14)20-18(21)22-17-10-13(4)12(3)9-16(17)19/h5-11H,1-4H3,(H,20,21). The number of carbonyl (C=O) groups excluding carboxylic acids is 1. The van der Waals surface area contributed by atoms with E-state index in [2.05, 4.69) is 35.1 Å². The molecule has 0 aliphatic carbocycles. The Morgan fingerprint density at radius 3 is 2.27 bits per heavy atom. The number of benzene rings is 2. The van der Waals surface area contributed by atoms with Crippen LogP contribution in [0.5, 0.6) is 5.75 Å².